The Morgan fingerprint density at radius 1 is 1.40 bits per heavy atom. The molecule has 2 aliphatic rings. The van der Waals surface area contributed by atoms with Gasteiger partial charge in [0, 0.05) is 6.54 Å². The highest BCUT2D eigenvalue weighted by molar-refractivity contribution is 5.85. The monoisotopic (exact) mass is 163 g/mol. The molecule has 2 bridgehead atoms. The number of hydrogen-bond acceptors (Lipinski definition) is 2. The Balaban J connectivity index is 0.000000500. The summed E-state index contributed by atoms with van der Waals surface area (Å²) in [5, 5.41) is 0. The van der Waals surface area contributed by atoms with E-state index >= 15 is 0 Å². The van der Waals surface area contributed by atoms with Gasteiger partial charge in [-0.3, -0.25) is 0 Å². The van der Waals surface area contributed by atoms with Gasteiger partial charge in [-0.1, -0.05) is 0 Å². The van der Waals surface area contributed by atoms with Crippen LogP contribution in [0.3, 0.4) is 0 Å². The minimum atomic E-state index is 0. The first kappa shape index (κ1) is 8.31. The van der Waals surface area contributed by atoms with Crippen LogP contribution in [-0.4, -0.2) is 18.2 Å². The van der Waals surface area contributed by atoms with E-state index in [2.05, 4.69) is 0 Å². The minimum absolute atomic E-state index is 0. The topological polar surface area (TPSA) is 35.2 Å². The van der Waals surface area contributed by atoms with Crippen LogP contribution in [0.2, 0.25) is 0 Å². The first-order chi connectivity index (χ1) is 4.35. The van der Waals surface area contributed by atoms with E-state index in [0.29, 0.717) is 6.10 Å². The summed E-state index contributed by atoms with van der Waals surface area (Å²) >= 11 is 0. The predicted molar refractivity (Wildman–Crippen MR) is 42.4 cm³/mol. The molecule has 2 saturated heterocycles. The maximum absolute atomic E-state index is 5.68. The highest BCUT2D eigenvalue weighted by atomic mass is 35.5. The quantitative estimate of drug-likeness (QED) is 0.628. The number of ether oxygens (including phenoxy) is 1. The van der Waals surface area contributed by atoms with Gasteiger partial charge in [0.15, 0.2) is 0 Å². The molecule has 2 rings (SSSR count). The minimum Gasteiger partial charge on any atom is -0.370 e. The van der Waals surface area contributed by atoms with Crippen LogP contribution in [0.5, 0.6) is 0 Å². The molecule has 0 aromatic rings. The number of fused-ring (bicyclic) bond motifs is 2. The van der Waals surface area contributed by atoms with Gasteiger partial charge < -0.3 is 10.5 Å². The molecule has 0 aromatic carbocycles. The summed E-state index contributed by atoms with van der Waals surface area (Å²) in [6, 6.07) is 0. The van der Waals surface area contributed by atoms with Gasteiger partial charge >= 0.3 is 0 Å². The molecular weight excluding hydrogens is 150 g/mol. The number of halogens is 1. The molecule has 0 aromatic heterocycles. The van der Waals surface area contributed by atoms with Crippen LogP contribution >= 0.6 is 12.4 Å². The third kappa shape index (κ3) is 1.04. The second kappa shape index (κ2) is 2.68. The van der Waals surface area contributed by atoms with E-state index in [1.54, 1.807) is 0 Å². The standard InChI is InChI=1S/C7H13NO.ClH/c8-5-7-3-1-6(9-7)2-4-7;/h6H,1-5,8H2;1H. The van der Waals surface area contributed by atoms with Gasteiger partial charge in [-0.25, -0.2) is 0 Å². The first-order valence-corrected chi connectivity index (χ1v) is 3.73. The molecule has 0 radical (unpaired) electrons. The molecule has 2 aliphatic heterocycles. The average molecular weight is 164 g/mol. The van der Waals surface area contributed by atoms with Crippen molar-refractivity contribution in [1.29, 1.82) is 0 Å². The summed E-state index contributed by atoms with van der Waals surface area (Å²) in [4.78, 5) is 0. The van der Waals surface area contributed by atoms with Gasteiger partial charge in [-0.2, -0.15) is 0 Å². The Hall–Kier alpha value is 0.210. The molecule has 10 heavy (non-hydrogen) atoms. The van der Waals surface area contributed by atoms with Gasteiger partial charge in [0.05, 0.1) is 11.7 Å². The van der Waals surface area contributed by atoms with Gasteiger partial charge in [-0.15, -0.1) is 12.4 Å². The maximum atomic E-state index is 5.68. The maximum Gasteiger partial charge on any atom is 0.0809 e. The van der Waals surface area contributed by atoms with E-state index in [0.717, 1.165) is 6.54 Å². The molecule has 60 valence electrons. The fourth-order valence-corrected chi connectivity index (χ4v) is 1.96. The number of nitrogens with two attached hydrogens (primary N) is 1. The van der Waals surface area contributed by atoms with Crippen molar-refractivity contribution in [2.45, 2.75) is 37.4 Å². The third-order valence-electron chi connectivity index (χ3n) is 2.63. The molecular formula is C7H14ClNO. The van der Waals surface area contributed by atoms with Crippen molar-refractivity contribution in [2.24, 2.45) is 5.73 Å². The second-order valence-corrected chi connectivity index (χ2v) is 3.20. The zero-order chi connectivity index (χ0) is 6.32. The molecule has 2 fully saturated rings. The molecule has 2 nitrogen and oxygen atoms in total. The van der Waals surface area contributed by atoms with E-state index < -0.39 is 0 Å². The summed E-state index contributed by atoms with van der Waals surface area (Å²) in [6.45, 7) is 0.726. The Kier molecular flexibility index (Phi) is 2.23. The molecule has 2 heterocycles. The third-order valence-corrected chi connectivity index (χ3v) is 2.63. The average Bonchev–Trinajstić information content (AvgIpc) is 2.46. The van der Waals surface area contributed by atoms with Crippen molar-refractivity contribution in [3.05, 3.63) is 0 Å². The summed E-state index contributed by atoms with van der Waals surface area (Å²) in [5.74, 6) is 0. The SMILES string of the molecule is Cl.NCC12CCC(CC1)O2. The van der Waals surface area contributed by atoms with Gasteiger partial charge in [-0.05, 0) is 25.7 Å². The Morgan fingerprint density at radius 3 is 2.20 bits per heavy atom. The van der Waals surface area contributed by atoms with Crippen LogP contribution in [0.4, 0.5) is 0 Å². The normalized spacial score (nSPS) is 43.5. The molecule has 0 spiro atoms. The van der Waals surface area contributed by atoms with Crippen LogP contribution in [0.25, 0.3) is 0 Å². The molecule has 3 heteroatoms. The van der Waals surface area contributed by atoms with Crippen molar-refractivity contribution in [2.75, 3.05) is 6.54 Å². The largest absolute Gasteiger partial charge is 0.370 e. The summed E-state index contributed by atoms with van der Waals surface area (Å²) in [6.07, 6.45) is 5.46. The lowest BCUT2D eigenvalue weighted by molar-refractivity contribution is 0.0206. The lowest BCUT2D eigenvalue weighted by Gasteiger charge is -2.21. The second-order valence-electron chi connectivity index (χ2n) is 3.20. The van der Waals surface area contributed by atoms with Gasteiger partial charge in [0.2, 0.25) is 0 Å². The van der Waals surface area contributed by atoms with Crippen molar-refractivity contribution in [1.82, 2.24) is 0 Å². The van der Waals surface area contributed by atoms with E-state index in [9.17, 15) is 0 Å². The van der Waals surface area contributed by atoms with E-state index in [4.69, 9.17) is 10.5 Å². The zero-order valence-corrected chi connectivity index (χ0v) is 6.82. The van der Waals surface area contributed by atoms with Crippen LogP contribution in [0.15, 0.2) is 0 Å². The van der Waals surface area contributed by atoms with Crippen molar-refractivity contribution in [3.63, 3.8) is 0 Å². The molecule has 0 unspecified atom stereocenters. The lowest BCUT2D eigenvalue weighted by atomic mass is 9.89. The molecule has 0 saturated carbocycles. The summed E-state index contributed by atoms with van der Waals surface area (Å²) in [5.41, 5.74) is 5.71. The number of rotatable bonds is 1. The molecule has 0 amide bonds. The fraction of sp³-hybridized carbons (Fsp3) is 1.00. The summed E-state index contributed by atoms with van der Waals surface area (Å²) < 4.78 is 5.68. The van der Waals surface area contributed by atoms with E-state index in [1.165, 1.54) is 25.7 Å². The number of hydrogen-bond donors (Lipinski definition) is 1. The lowest BCUT2D eigenvalue weighted by Crippen LogP contribution is -2.34. The van der Waals surface area contributed by atoms with Crippen molar-refractivity contribution < 1.29 is 4.74 Å². The van der Waals surface area contributed by atoms with E-state index in [1.807, 2.05) is 0 Å². The Labute approximate surface area is 67.5 Å². The van der Waals surface area contributed by atoms with Crippen LogP contribution in [0, 0.1) is 0 Å². The van der Waals surface area contributed by atoms with Crippen LogP contribution < -0.4 is 5.73 Å². The Morgan fingerprint density at radius 2 is 2.00 bits per heavy atom. The van der Waals surface area contributed by atoms with Crippen LogP contribution in [-0.2, 0) is 4.74 Å². The van der Waals surface area contributed by atoms with Crippen molar-refractivity contribution >= 4 is 12.4 Å². The Bertz CT molecular complexity index is 121. The van der Waals surface area contributed by atoms with Gasteiger partial charge in [0.25, 0.3) is 0 Å². The van der Waals surface area contributed by atoms with Gasteiger partial charge in [0.1, 0.15) is 0 Å². The molecule has 2 N–H and O–H groups in total. The smallest absolute Gasteiger partial charge is 0.0809 e. The highest BCUT2D eigenvalue weighted by Gasteiger charge is 2.44. The fourth-order valence-electron chi connectivity index (χ4n) is 1.96. The van der Waals surface area contributed by atoms with Crippen molar-refractivity contribution in [3.8, 4) is 0 Å². The highest BCUT2D eigenvalue weighted by Crippen LogP contribution is 2.42. The predicted octanol–water partition coefficient (Wildman–Crippen LogP) is 1.08. The van der Waals surface area contributed by atoms with E-state index in [-0.39, 0.29) is 18.0 Å². The molecule has 0 atom stereocenters. The first-order valence-electron chi connectivity index (χ1n) is 3.73. The van der Waals surface area contributed by atoms with Crippen LogP contribution in [0.1, 0.15) is 25.7 Å². The molecule has 0 aliphatic carbocycles. The zero-order valence-electron chi connectivity index (χ0n) is 6.01. The summed E-state index contributed by atoms with van der Waals surface area (Å²) in [7, 11) is 0.